The molecule has 0 unspecified atom stereocenters. The van der Waals surface area contributed by atoms with E-state index in [4.69, 9.17) is 8.83 Å². The molecule has 8 aromatic carbocycles. The Morgan fingerprint density at radius 2 is 1.19 bits per heavy atom. The van der Waals surface area contributed by atoms with Crippen LogP contribution in [0.5, 0.6) is 0 Å². The SMILES string of the molecule is Cc1cc2c3c4c1c1cc5oc6ccccc6c5cc1n4-c1cc4sc5ccccc5c4cc1B3N(c1ccc(C(C)(C)C)cc1)c1cc3oc4cc(C(C)(C)C)ccc4c3cc1-2. The number of fused-ring (bicyclic) bond motifs is 17. The van der Waals surface area contributed by atoms with Gasteiger partial charge in [0.2, 0.25) is 0 Å². The molecule has 2 aliphatic rings. The normalized spacial score (nSPS) is 13.9. The Morgan fingerprint density at radius 1 is 0.508 bits per heavy atom. The van der Waals surface area contributed by atoms with Gasteiger partial charge in [-0.2, -0.15) is 0 Å². The summed E-state index contributed by atoms with van der Waals surface area (Å²) < 4.78 is 18.7. The highest BCUT2D eigenvalue weighted by Gasteiger charge is 2.45. The van der Waals surface area contributed by atoms with Crippen LogP contribution in [0.25, 0.3) is 103 Å². The minimum absolute atomic E-state index is 0.00737. The maximum absolute atomic E-state index is 6.89. The van der Waals surface area contributed by atoms with Gasteiger partial charge >= 0.3 is 6.85 Å². The summed E-state index contributed by atoms with van der Waals surface area (Å²) in [6.45, 7) is 15.9. The third kappa shape index (κ3) is 4.72. The third-order valence-electron chi connectivity index (χ3n) is 14.4. The van der Waals surface area contributed by atoms with Gasteiger partial charge in [0.15, 0.2) is 0 Å². The summed E-state index contributed by atoms with van der Waals surface area (Å²) in [6.07, 6.45) is 0. The quantitative estimate of drug-likeness (QED) is 0.155. The summed E-state index contributed by atoms with van der Waals surface area (Å²) in [5.41, 5.74) is 18.7. The lowest BCUT2D eigenvalue weighted by Gasteiger charge is -2.42. The number of thiophene rings is 1. The van der Waals surface area contributed by atoms with Crippen LogP contribution in [0.1, 0.15) is 58.2 Å². The number of nitrogens with zero attached hydrogens (tertiary/aromatic N) is 2. The average Bonchev–Trinajstić information content (AvgIpc) is 4.02. The van der Waals surface area contributed by atoms with E-state index in [0.717, 1.165) is 55.3 Å². The van der Waals surface area contributed by atoms with Crippen LogP contribution in [-0.4, -0.2) is 11.4 Å². The summed E-state index contributed by atoms with van der Waals surface area (Å²) >= 11 is 1.89. The van der Waals surface area contributed by atoms with E-state index < -0.39 is 0 Å². The number of hydrogen-bond acceptors (Lipinski definition) is 4. The topological polar surface area (TPSA) is 34.5 Å². The first-order valence-electron chi connectivity index (χ1n) is 22.2. The molecule has 302 valence electrons. The first kappa shape index (κ1) is 35.8. The van der Waals surface area contributed by atoms with Crippen LogP contribution < -0.4 is 15.7 Å². The summed E-state index contributed by atoms with van der Waals surface area (Å²) in [6, 6.07) is 50.5. The van der Waals surface area contributed by atoms with Gasteiger partial charge in [0, 0.05) is 81.2 Å². The zero-order valence-corrected chi connectivity index (χ0v) is 37.2. The van der Waals surface area contributed by atoms with Gasteiger partial charge in [0.05, 0.1) is 11.0 Å². The predicted octanol–water partition coefficient (Wildman–Crippen LogP) is 15.1. The van der Waals surface area contributed by atoms with Crippen LogP contribution in [0.2, 0.25) is 0 Å². The van der Waals surface area contributed by atoms with Crippen molar-refractivity contribution < 1.29 is 8.83 Å². The molecule has 0 spiro atoms. The van der Waals surface area contributed by atoms with Crippen LogP contribution in [0.3, 0.4) is 0 Å². The molecule has 0 atom stereocenters. The molecule has 63 heavy (non-hydrogen) atoms. The van der Waals surface area contributed by atoms with Crippen LogP contribution in [0, 0.1) is 6.92 Å². The molecule has 2 aliphatic heterocycles. The average molecular weight is 831 g/mol. The van der Waals surface area contributed by atoms with Crippen molar-refractivity contribution in [2.75, 3.05) is 4.81 Å². The second-order valence-corrected chi connectivity index (χ2v) is 21.3. The molecule has 0 aliphatic carbocycles. The minimum Gasteiger partial charge on any atom is -0.456 e. The molecule has 0 N–H and O–H groups in total. The second kappa shape index (κ2) is 11.8. The molecule has 0 amide bonds. The molecule has 0 bridgehead atoms. The van der Waals surface area contributed by atoms with E-state index in [-0.39, 0.29) is 17.7 Å². The Labute approximate surface area is 369 Å². The van der Waals surface area contributed by atoms with E-state index >= 15 is 0 Å². The van der Waals surface area contributed by atoms with Crippen molar-refractivity contribution in [3.63, 3.8) is 0 Å². The number of aryl methyl sites for hydroxylation is 1. The molecule has 0 radical (unpaired) electrons. The van der Waals surface area contributed by atoms with Crippen LogP contribution in [0.15, 0.2) is 142 Å². The smallest absolute Gasteiger partial charge is 0.333 e. The van der Waals surface area contributed by atoms with Gasteiger partial charge in [-0.15, -0.1) is 11.3 Å². The summed E-state index contributed by atoms with van der Waals surface area (Å²) in [7, 11) is 0. The standard InChI is InChI=1S/C57H43BN2O2S/c1-30-22-41-37-24-38-35-21-18-32(57(5,6)7)23-48(35)62-50(38)28-45(37)60(33-19-16-31(17-20-33)56(2,3)4)58-43-25-40-36-13-9-11-15-51(36)63-52(40)29-46(43)59-44-26-39-34-12-8-10-14-47(34)61-49(39)27-42(44)53(30)55(59)54(41)58/h8-29H,1-7H3. The Morgan fingerprint density at radius 3 is 2.00 bits per heavy atom. The molecule has 4 aromatic heterocycles. The minimum atomic E-state index is -0.121. The molecular formula is C57H43BN2O2S. The Kier molecular flexibility index (Phi) is 6.72. The number of hydrogen-bond donors (Lipinski definition) is 0. The van der Waals surface area contributed by atoms with Gasteiger partial charge in [0.1, 0.15) is 22.3 Å². The summed E-state index contributed by atoms with van der Waals surface area (Å²) in [5, 5.41) is 9.70. The van der Waals surface area contributed by atoms with E-state index in [9.17, 15) is 0 Å². The molecule has 0 saturated carbocycles. The monoisotopic (exact) mass is 830 g/mol. The van der Waals surface area contributed by atoms with Crippen LogP contribution in [-0.2, 0) is 10.8 Å². The number of aromatic nitrogens is 1. The molecule has 0 saturated heterocycles. The second-order valence-electron chi connectivity index (χ2n) is 20.2. The third-order valence-corrected chi connectivity index (χ3v) is 15.5. The van der Waals surface area contributed by atoms with Gasteiger partial charge in [-0.3, -0.25) is 0 Å². The fraction of sp³-hybridized carbons (Fsp3) is 0.158. The highest BCUT2D eigenvalue weighted by atomic mass is 32.1. The Bertz CT molecular complexity index is 4010. The number of anilines is 2. The first-order chi connectivity index (χ1) is 30.4. The maximum atomic E-state index is 6.89. The zero-order valence-electron chi connectivity index (χ0n) is 36.4. The molecule has 14 rings (SSSR count). The molecular weight excluding hydrogens is 788 g/mol. The predicted molar refractivity (Wildman–Crippen MR) is 269 cm³/mol. The molecule has 12 aromatic rings. The highest BCUT2D eigenvalue weighted by molar-refractivity contribution is 7.26. The van der Waals surface area contributed by atoms with Crippen molar-refractivity contribution >= 4 is 126 Å². The van der Waals surface area contributed by atoms with Gasteiger partial charge in [-0.25, -0.2) is 0 Å². The number of benzene rings is 8. The Balaban J connectivity index is 1.16. The highest BCUT2D eigenvalue weighted by Crippen LogP contribution is 2.50. The molecule has 0 fully saturated rings. The molecule has 6 heteroatoms. The van der Waals surface area contributed by atoms with Crippen molar-refractivity contribution in [1.82, 2.24) is 4.57 Å². The summed E-state index contributed by atoms with van der Waals surface area (Å²) in [5.74, 6) is 0. The van der Waals surface area contributed by atoms with Crippen LogP contribution >= 0.6 is 11.3 Å². The zero-order chi connectivity index (χ0) is 42.4. The van der Waals surface area contributed by atoms with Gasteiger partial charge in [-0.05, 0) is 106 Å². The maximum Gasteiger partial charge on any atom is 0.333 e. The lowest BCUT2D eigenvalue weighted by atomic mass is 9.43. The van der Waals surface area contributed by atoms with E-state index in [1.54, 1.807) is 0 Å². The lowest BCUT2D eigenvalue weighted by molar-refractivity contribution is 0.587. The first-order valence-corrected chi connectivity index (χ1v) is 23.0. The number of furan rings is 2. The number of para-hydroxylation sites is 1. The summed E-state index contributed by atoms with van der Waals surface area (Å²) in [4.78, 5) is 2.63. The number of rotatable bonds is 1. The lowest BCUT2D eigenvalue weighted by Crippen LogP contribution is -2.60. The van der Waals surface area contributed by atoms with Crippen molar-refractivity contribution in [3.05, 3.63) is 150 Å². The van der Waals surface area contributed by atoms with E-state index in [2.05, 4.69) is 191 Å². The van der Waals surface area contributed by atoms with E-state index in [0.29, 0.717) is 0 Å². The molecule has 4 nitrogen and oxygen atoms in total. The Hall–Kier alpha value is -6.76. The fourth-order valence-electron chi connectivity index (χ4n) is 11.3. The van der Waals surface area contributed by atoms with Crippen molar-refractivity contribution in [2.45, 2.75) is 59.3 Å². The largest absolute Gasteiger partial charge is 0.456 e. The molecule has 6 heterocycles. The van der Waals surface area contributed by atoms with E-state index in [1.165, 1.54) is 86.4 Å². The van der Waals surface area contributed by atoms with Gasteiger partial charge in [0.25, 0.3) is 0 Å². The van der Waals surface area contributed by atoms with Crippen molar-refractivity contribution in [2.24, 2.45) is 0 Å². The van der Waals surface area contributed by atoms with E-state index in [1.807, 2.05) is 11.3 Å². The van der Waals surface area contributed by atoms with Crippen LogP contribution in [0.4, 0.5) is 11.4 Å². The van der Waals surface area contributed by atoms with Gasteiger partial charge in [-0.1, -0.05) is 114 Å². The van der Waals surface area contributed by atoms with Gasteiger partial charge < -0.3 is 18.2 Å². The fourth-order valence-corrected chi connectivity index (χ4v) is 12.4. The van der Waals surface area contributed by atoms with Crippen molar-refractivity contribution in [1.29, 1.82) is 0 Å². The van der Waals surface area contributed by atoms with Crippen molar-refractivity contribution in [3.8, 4) is 16.8 Å².